The van der Waals surface area contributed by atoms with Crippen LogP contribution in [-0.2, 0) is 4.74 Å². The third-order valence-electron chi connectivity index (χ3n) is 3.20. The molecule has 1 fully saturated rings. The summed E-state index contributed by atoms with van der Waals surface area (Å²) in [5.74, 6) is 0. The summed E-state index contributed by atoms with van der Waals surface area (Å²) in [7, 11) is 2.25. The minimum Gasteiger partial charge on any atom is -0.380 e. The van der Waals surface area contributed by atoms with Crippen molar-refractivity contribution in [3.63, 3.8) is 0 Å². The number of nitrogens with one attached hydrogen (secondary N) is 1. The van der Waals surface area contributed by atoms with Crippen molar-refractivity contribution in [3.8, 4) is 0 Å². The minimum absolute atomic E-state index is 0.804. The molecule has 0 aromatic rings. The Balaban J connectivity index is 1.94. The molecule has 90 valence electrons. The average molecular weight is 214 g/mol. The smallest absolute Gasteiger partial charge is 0.0590 e. The van der Waals surface area contributed by atoms with E-state index in [1.165, 1.54) is 32.2 Å². The monoisotopic (exact) mass is 214 g/mol. The fraction of sp³-hybridized carbons (Fsp3) is 1.00. The summed E-state index contributed by atoms with van der Waals surface area (Å²) in [5.41, 5.74) is 0. The lowest BCUT2D eigenvalue weighted by Crippen LogP contribution is -2.38. The van der Waals surface area contributed by atoms with Gasteiger partial charge in [-0.05, 0) is 46.3 Å². The molecule has 1 saturated heterocycles. The maximum atomic E-state index is 5.27. The van der Waals surface area contributed by atoms with Crippen molar-refractivity contribution in [2.75, 3.05) is 39.9 Å². The van der Waals surface area contributed by atoms with E-state index in [-0.39, 0.29) is 0 Å². The van der Waals surface area contributed by atoms with Crippen LogP contribution in [0.1, 0.15) is 32.6 Å². The molecule has 0 aliphatic carbocycles. The first-order valence-corrected chi connectivity index (χ1v) is 6.33. The van der Waals surface area contributed by atoms with Gasteiger partial charge in [0, 0.05) is 19.2 Å². The Morgan fingerprint density at radius 3 is 2.93 bits per heavy atom. The summed E-state index contributed by atoms with van der Waals surface area (Å²) >= 11 is 0. The van der Waals surface area contributed by atoms with Crippen molar-refractivity contribution in [1.29, 1.82) is 0 Å². The van der Waals surface area contributed by atoms with Gasteiger partial charge in [0.25, 0.3) is 0 Å². The quantitative estimate of drug-likeness (QED) is 0.650. The number of hydrogen-bond donors (Lipinski definition) is 1. The molecule has 0 amide bonds. The molecule has 0 spiro atoms. The second kappa shape index (κ2) is 8.08. The summed E-state index contributed by atoms with van der Waals surface area (Å²) in [6.45, 7) is 7.11. The molecule has 1 heterocycles. The SMILES string of the molecule is CCOCCNCCC1CCCCN1C. The van der Waals surface area contributed by atoms with E-state index >= 15 is 0 Å². The molecule has 3 heteroatoms. The van der Waals surface area contributed by atoms with Crippen LogP contribution in [0.5, 0.6) is 0 Å². The summed E-state index contributed by atoms with van der Waals surface area (Å²) in [6, 6.07) is 0.804. The lowest BCUT2D eigenvalue weighted by atomic mass is 10.0. The van der Waals surface area contributed by atoms with E-state index in [0.29, 0.717) is 0 Å². The molecule has 3 nitrogen and oxygen atoms in total. The molecule has 1 atom stereocenters. The van der Waals surface area contributed by atoms with Crippen molar-refractivity contribution in [2.45, 2.75) is 38.6 Å². The zero-order valence-electron chi connectivity index (χ0n) is 10.3. The van der Waals surface area contributed by atoms with E-state index in [0.717, 1.165) is 32.3 Å². The van der Waals surface area contributed by atoms with Crippen LogP contribution in [0, 0.1) is 0 Å². The number of hydrogen-bond acceptors (Lipinski definition) is 3. The van der Waals surface area contributed by atoms with Crippen LogP contribution in [0.15, 0.2) is 0 Å². The first-order chi connectivity index (χ1) is 7.34. The molecule has 0 bridgehead atoms. The van der Waals surface area contributed by atoms with E-state index in [1.54, 1.807) is 0 Å². The molecule has 0 saturated carbocycles. The Kier molecular flexibility index (Phi) is 6.98. The molecule has 1 N–H and O–H groups in total. The van der Waals surface area contributed by atoms with E-state index < -0.39 is 0 Å². The second-order valence-corrected chi connectivity index (χ2v) is 4.37. The highest BCUT2D eigenvalue weighted by atomic mass is 16.5. The van der Waals surface area contributed by atoms with Crippen LogP contribution in [-0.4, -0.2) is 50.8 Å². The van der Waals surface area contributed by atoms with Crippen LogP contribution in [0.25, 0.3) is 0 Å². The van der Waals surface area contributed by atoms with Gasteiger partial charge in [-0.15, -0.1) is 0 Å². The van der Waals surface area contributed by atoms with Gasteiger partial charge in [-0.2, -0.15) is 0 Å². The fourth-order valence-electron chi connectivity index (χ4n) is 2.19. The molecule has 1 aliphatic rings. The maximum Gasteiger partial charge on any atom is 0.0590 e. The lowest BCUT2D eigenvalue weighted by molar-refractivity contribution is 0.146. The third-order valence-corrected chi connectivity index (χ3v) is 3.20. The number of nitrogens with zero attached hydrogens (tertiary/aromatic N) is 1. The summed E-state index contributed by atoms with van der Waals surface area (Å²) in [6.07, 6.45) is 5.45. The van der Waals surface area contributed by atoms with Crippen molar-refractivity contribution in [3.05, 3.63) is 0 Å². The molecular weight excluding hydrogens is 188 g/mol. The molecule has 1 aliphatic heterocycles. The van der Waals surface area contributed by atoms with E-state index in [1.807, 2.05) is 6.92 Å². The highest BCUT2D eigenvalue weighted by molar-refractivity contribution is 4.74. The molecule has 0 aromatic carbocycles. The normalized spacial score (nSPS) is 23.2. The summed E-state index contributed by atoms with van der Waals surface area (Å²) < 4.78 is 5.27. The van der Waals surface area contributed by atoms with Crippen LogP contribution >= 0.6 is 0 Å². The van der Waals surface area contributed by atoms with Crippen LogP contribution in [0.4, 0.5) is 0 Å². The standard InChI is InChI=1S/C12H26N2O/c1-3-15-11-9-13-8-7-12-6-4-5-10-14(12)2/h12-13H,3-11H2,1-2H3. The molecule has 1 unspecified atom stereocenters. The zero-order chi connectivity index (χ0) is 10.9. The van der Waals surface area contributed by atoms with Crippen LogP contribution in [0.2, 0.25) is 0 Å². The van der Waals surface area contributed by atoms with Crippen LogP contribution < -0.4 is 5.32 Å². The molecular formula is C12H26N2O. The highest BCUT2D eigenvalue weighted by Crippen LogP contribution is 2.16. The van der Waals surface area contributed by atoms with Gasteiger partial charge in [0.15, 0.2) is 0 Å². The van der Waals surface area contributed by atoms with Crippen molar-refractivity contribution < 1.29 is 4.74 Å². The van der Waals surface area contributed by atoms with Gasteiger partial charge in [0.2, 0.25) is 0 Å². The van der Waals surface area contributed by atoms with E-state index in [4.69, 9.17) is 4.74 Å². The summed E-state index contributed by atoms with van der Waals surface area (Å²) in [5, 5.41) is 3.44. The topological polar surface area (TPSA) is 24.5 Å². The number of rotatable bonds is 7. The fourth-order valence-corrected chi connectivity index (χ4v) is 2.19. The second-order valence-electron chi connectivity index (χ2n) is 4.37. The number of ether oxygens (including phenoxy) is 1. The Morgan fingerprint density at radius 2 is 2.20 bits per heavy atom. The molecule has 15 heavy (non-hydrogen) atoms. The van der Waals surface area contributed by atoms with Gasteiger partial charge >= 0.3 is 0 Å². The Labute approximate surface area is 94.2 Å². The first-order valence-electron chi connectivity index (χ1n) is 6.33. The van der Waals surface area contributed by atoms with E-state index in [2.05, 4.69) is 17.3 Å². The highest BCUT2D eigenvalue weighted by Gasteiger charge is 2.17. The van der Waals surface area contributed by atoms with Crippen molar-refractivity contribution in [1.82, 2.24) is 10.2 Å². The van der Waals surface area contributed by atoms with Crippen molar-refractivity contribution >= 4 is 0 Å². The van der Waals surface area contributed by atoms with Gasteiger partial charge in [0.1, 0.15) is 0 Å². The lowest BCUT2D eigenvalue weighted by Gasteiger charge is -2.32. The largest absolute Gasteiger partial charge is 0.380 e. The van der Waals surface area contributed by atoms with E-state index in [9.17, 15) is 0 Å². The van der Waals surface area contributed by atoms with Crippen molar-refractivity contribution in [2.24, 2.45) is 0 Å². The van der Waals surface area contributed by atoms with Gasteiger partial charge < -0.3 is 15.0 Å². The Morgan fingerprint density at radius 1 is 1.33 bits per heavy atom. The van der Waals surface area contributed by atoms with Crippen LogP contribution in [0.3, 0.4) is 0 Å². The predicted molar refractivity (Wildman–Crippen MR) is 64.2 cm³/mol. The summed E-state index contributed by atoms with van der Waals surface area (Å²) in [4.78, 5) is 2.51. The van der Waals surface area contributed by atoms with Gasteiger partial charge in [0.05, 0.1) is 6.61 Å². The number of piperidine rings is 1. The average Bonchev–Trinajstić information content (AvgIpc) is 2.25. The molecule has 0 radical (unpaired) electrons. The third kappa shape index (κ3) is 5.50. The van der Waals surface area contributed by atoms with Gasteiger partial charge in [-0.3, -0.25) is 0 Å². The Bertz CT molecular complexity index is 153. The van der Waals surface area contributed by atoms with Gasteiger partial charge in [-0.1, -0.05) is 6.42 Å². The molecule has 0 aromatic heterocycles. The predicted octanol–water partition coefficient (Wildman–Crippen LogP) is 1.49. The molecule has 1 rings (SSSR count). The zero-order valence-corrected chi connectivity index (χ0v) is 10.3. The Hall–Kier alpha value is -0.120. The first kappa shape index (κ1) is 12.9. The maximum absolute atomic E-state index is 5.27. The minimum atomic E-state index is 0.804. The van der Waals surface area contributed by atoms with Gasteiger partial charge in [-0.25, -0.2) is 0 Å². The number of likely N-dealkylation sites (tertiary alicyclic amines) is 1.